The van der Waals surface area contributed by atoms with Gasteiger partial charge in [0.15, 0.2) is 0 Å². The first-order chi connectivity index (χ1) is 9.78. The number of ether oxygens (including phenoxy) is 1. The second-order valence-electron chi connectivity index (χ2n) is 6.07. The highest BCUT2D eigenvalue weighted by atomic mass is 16.5. The monoisotopic (exact) mass is 275 g/mol. The SMILES string of the molecule is CCCCc1ccc(OC(C)CNC2CCCC2)cc1. The molecule has 0 aliphatic heterocycles. The molecule has 0 amide bonds. The van der Waals surface area contributed by atoms with Gasteiger partial charge >= 0.3 is 0 Å². The van der Waals surface area contributed by atoms with Crippen LogP contribution in [0.4, 0.5) is 0 Å². The van der Waals surface area contributed by atoms with Crippen LogP contribution in [-0.4, -0.2) is 18.7 Å². The topological polar surface area (TPSA) is 21.3 Å². The summed E-state index contributed by atoms with van der Waals surface area (Å²) in [5, 5.41) is 3.62. The lowest BCUT2D eigenvalue weighted by atomic mass is 10.1. The molecule has 0 saturated heterocycles. The van der Waals surface area contributed by atoms with Crippen molar-refractivity contribution in [2.24, 2.45) is 0 Å². The van der Waals surface area contributed by atoms with Crippen molar-refractivity contribution < 1.29 is 4.74 Å². The molecular weight excluding hydrogens is 246 g/mol. The standard InChI is InChI=1S/C18H29NO/c1-3-4-7-16-10-12-18(13-11-16)20-15(2)14-19-17-8-5-6-9-17/h10-13,15,17,19H,3-9,14H2,1-2H3. The molecule has 2 heteroatoms. The van der Waals surface area contributed by atoms with Gasteiger partial charge in [0, 0.05) is 12.6 Å². The fraction of sp³-hybridized carbons (Fsp3) is 0.667. The van der Waals surface area contributed by atoms with E-state index in [1.54, 1.807) is 0 Å². The third-order valence-electron chi connectivity index (χ3n) is 4.13. The van der Waals surface area contributed by atoms with E-state index in [9.17, 15) is 0 Å². The summed E-state index contributed by atoms with van der Waals surface area (Å²) in [4.78, 5) is 0. The third-order valence-corrected chi connectivity index (χ3v) is 4.13. The lowest BCUT2D eigenvalue weighted by Gasteiger charge is -2.18. The van der Waals surface area contributed by atoms with E-state index in [2.05, 4.69) is 43.4 Å². The van der Waals surface area contributed by atoms with Crippen LogP contribution < -0.4 is 10.1 Å². The Hall–Kier alpha value is -1.02. The number of aryl methyl sites for hydroxylation is 1. The molecule has 20 heavy (non-hydrogen) atoms. The predicted octanol–water partition coefficient (Wildman–Crippen LogP) is 4.33. The molecule has 2 rings (SSSR count). The zero-order valence-electron chi connectivity index (χ0n) is 13.0. The number of hydrogen-bond acceptors (Lipinski definition) is 2. The van der Waals surface area contributed by atoms with Crippen LogP contribution in [0, 0.1) is 0 Å². The summed E-state index contributed by atoms with van der Waals surface area (Å²) < 4.78 is 5.97. The maximum atomic E-state index is 5.97. The van der Waals surface area contributed by atoms with Crippen molar-refractivity contribution in [3.05, 3.63) is 29.8 Å². The van der Waals surface area contributed by atoms with E-state index in [0.717, 1.165) is 18.3 Å². The molecule has 1 aliphatic carbocycles. The second kappa shape index (κ2) is 8.31. The van der Waals surface area contributed by atoms with Crippen molar-refractivity contribution >= 4 is 0 Å². The van der Waals surface area contributed by atoms with Gasteiger partial charge in [-0.3, -0.25) is 0 Å². The quantitative estimate of drug-likeness (QED) is 0.762. The van der Waals surface area contributed by atoms with E-state index in [1.807, 2.05) is 0 Å². The molecule has 0 spiro atoms. The zero-order valence-corrected chi connectivity index (χ0v) is 13.0. The van der Waals surface area contributed by atoms with Gasteiger partial charge in [-0.1, -0.05) is 38.3 Å². The number of unbranched alkanes of at least 4 members (excludes halogenated alkanes) is 1. The molecule has 1 atom stereocenters. The Morgan fingerprint density at radius 1 is 1.20 bits per heavy atom. The van der Waals surface area contributed by atoms with Gasteiger partial charge in [-0.05, 0) is 50.3 Å². The largest absolute Gasteiger partial charge is 0.489 e. The summed E-state index contributed by atoms with van der Waals surface area (Å²) in [5.74, 6) is 0.992. The lowest BCUT2D eigenvalue weighted by molar-refractivity contribution is 0.211. The van der Waals surface area contributed by atoms with E-state index in [1.165, 1.54) is 50.5 Å². The number of benzene rings is 1. The number of nitrogens with one attached hydrogen (secondary N) is 1. The van der Waals surface area contributed by atoms with Gasteiger partial charge in [0.2, 0.25) is 0 Å². The molecule has 0 heterocycles. The highest BCUT2D eigenvalue weighted by Crippen LogP contribution is 2.18. The van der Waals surface area contributed by atoms with Gasteiger partial charge in [0.1, 0.15) is 11.9 Å². The average Bonchev–Trinajstić information content (AvgIpc) is 2.98. The van der Waals surface area contributed by atoms with E-state index < -0.39 is 0 Å². The van der Waals surface area contributed by atoms with E-state index in [4.69, 9.17) is 4.74 Å². The number of hydrogen-bond donors (Lipinski definition) is 1. The highest BCUT2D eigenvalue weighted by Gasteiger charge is 2.15. The second-order valence-corrected chi connectivity index (χ2v) is 6.07. The summed E-state index contributed by atoms with van der Waals surface area (Å²) in [6, 6.07) is 9.33. The molecule has 0 aromatic heterocycles. The normalized spacial score (nSPS) is 17.3. The lowest BCUT2D eigenvalue weighted by Crippen LogP contribution is -2.35. The Morgan fingerprint density at radius 3 is 2.55 bits per heavy atom. The Labute approximate surface area is 123 Å². The van der Waals surface area contributed by atoms with Crippen LogP contribution in [0.15, 0.2) is 24.3 Å². The molecular formula is C18H29NO. The van der Waals surface area contributed by atoms with Crippen molar-refractivity contribution in [3.63, 3.8) is 0 Å². The minimum Gasteiger partial charge on any atom is -0.489 e. The minimum absolute atomic E-state index is 0.233. The molecule has 1 aromatic carbocycles. The highest BCUT2D eigenvalue weighted by molar-refractivity contribution is 5.27. The van der Waals surface area contributed by atoms with Gasteiger partial charge in [0.25, 0.3) is 0 Å². The molecule has 1 saturated carbocycles. The molecule has 1 N–H and O–H groups in total. The van der Waals surface area contributed by atoms with Gasteiger partial charge in [0.05, 0.1) is 0 Å². The van der Waals surface area contributed by atoms with Crippen LogP contribution in [0.3, 0.4) is 0 Å². The van der Waals surface area contributed by atoms with Crippen molar-refractivity contribution in [3.8, 4) is 5.75 Å². The Balaban J connectivity index is 1.71. The van der Waals surface area contributed by atoms with Crippen LogP contribution in [-0.2, 0) is 6.42 Å². The van der Waals surface area contributed by atoms with E-state index >= 15 is 0 Å². The van der Waals surface area contributed by atoms with Gasteiger partial charge in [-0.25, -0.2) is 0 Å². The molecule has 1 fully saturated rings. The average molecular weight is 275 g/mol. The summed E-state index contributed by atoms with van der Waals surface area (Å²) in [5.41, 5.74) is 1.41. The molecule has 2 nitrogen and oxygen atoms in total. The molecule has 0 radical (unpaired) electrons. The summed E-state index contributed by atoms with van der Waals surface area (Å²) in [7, 11) is 0. The fourth-order valence-electron chi connectivity index (χ4n) is 2.85. The molecule has 1 aromatic rings. The van der Waals surface area contributed by atoms with Crippen molar-refractivity contribution in [2.75, 3.05) is 6.54 Å². The van der Waals surface area contributed by atoms with Crippen LogP contribution in [0.5, 0.6) is 5.75 Å². The fourth-order valence-corrected chi connectivity index (χ4v) is 2.85. The molecule has 112 valence electrons. The van der Waals surface area contributed by atoms with Gasteiger partial charge < -0.3 is 10.1 Å². The zero-order chi connectivity index (χ0) is 14.2. The maximum Gasteiger partial charge on any atom is 0.119 e. The van der Waals surface area contributed by atoms with Gasteiger partial charge in [-0.2, -0.15) is 0 Å². The Kier molecular flexibility index (Phi) is 6.38. The van der Waals surface area contributed by atoms with Crippen molar-refractivity contribution in [1.29, 1.82) is 0 Å². The van der Waals surface area contributed by atoms with Crippen LogP contribution in [0.1, 0.15) is 57.9 Å². The molecule has 1 aliphatic rings. The smallest absolute Gasteiger partial charge is 0.119 e. The Bertz CT molecular complexity index is 368. The summed E-state index contributed by atoms with van der Waals surface area (Å²) >= 11 is 0. The van der Waals surface area contributed by atoms with E-state index in [0.29, 0.717) is 0 Å². The maximum absolute atomic E-state index is 5.97. The minimum atomic E-state index is 0.233. The first kappa shape index (κ1) is 15.4. The van der Waals surface area contributed by atoms with Crippen LogP contribution >= 0.6 is 0 Å². The first-order valence-corrected chi connectivity index (χ1v) is 8.27. The molecule has 0 bridgehead atoms. The third kappa shape index (κ3) is 5.16. The van der Waals surface area contributed by atoms with Gasteiger partial charge in [-0.15, -0.1) is 0 Å². The first-order valence-electron chi connectivity index (χ1n) is 8.27. The summed E-state index contributed by atoms with van der Waals surface area (Å²) in [6.07, 6.45) is 9.35. The van der Waals surface area contributed by atoms with E-state index in [-0.39, 0.29) is 6.10 Å². The van der Waals surface area contributed by atoms with Crippen LogP contribution in [0.25, 0.3) is 0 Å². The van der Waals surface area contributed by atoms with Crippen LogP contribution in [0.2, 0.25) is 0 Å². The van der Waals surface area contributed by atoms with Crippen molar-refractivity contribution in [1.82, 2.24) is 5.32 Å². The number of rotatable bonds is 8. The molecule has 1 unspecified atom stereocenters. The van der Waals surface area contributed by atoms with Crippen molar-refractivity contribution in [2.45, 2.75) is 70.9 Å². The summed E-state index contributed by atoms with van der Waals surface area (Å²) in [6.45, 7) is 5.33. The Morgan fingerprint density at radius 2 is 1.90 bits per heavy atom. The predicted molar refractivity (Wildman–Crippen MR) is 85.4 cm³/mol.